The number of nitrogens with one attached hydrogen (secondary N) is 1. The Kier molecular flexibility index (Phi) is 4.80. The molecule has 0 bridgehead atoms. The van der Waals surface area contributed by atoms with Gasteiger partial charge in [-0.15, -0.1) is 0 Å². The minimum absolute atomic E-state index is 0.0127. The van der Waals surface area contributed by atoms with Crippen LogP contribution in [-0.4, -0.2) is 49.2 Å². The molecule has 2 unspecified atom stereocenters. The van der Waals surface area contributed by atoms with Gasteiger partial charge in [0.2, 0.25) is 0 Å². The van der Waals surface area contributed by atoms with Crippen molar-refractivity contribution in [3.8, 4) is 0 Å². The quantitative estimate of drug-likeness (QED) is 0.732. The molecule has 4 nitrogen and oxygen atoms in total. The van der Waals surface area contributed by atoms with Crippen molar-refractivity contribution in [1.29, 1.82) is 0 Å². The first kappa shape index (κ1) is 12.8. The molecule has 0 saturated carbocycles. The van der Waals surface area contributed by atoms with Gasteiger partial charge in [0.05, 0.1) is 6.61 Å². The SMILES string of the molecule is CCCN(CC1CCCCN1)C1CCOC1=O. The number of hydrogen-bond acceptors (Lipinski definition) is 4. The number of hydrogen-bond donors (Lipinski definition) is 1. The number of carbonyl (C=O) groups excluding carboxylic acids is 1. The molecule has 2 fully saturated rings. The Bertz CT molecular complexity index is 252. The maximum Gasteiger partial charge on any atom is 0.323 e. The highest BCUT2D eigenvalue weighted by molar-refractivity contribution is 5.77. The number of rotatable bonds is 5. The van der Waals surface area contributed by atoms with Gasteiger partial charge in [-0.2, -0.15) is 0 Å². The van der Waals surface area contributed by atoms with Crippen LogP contribution in [0.4, 0.5) is 0 Å². The number of nitrogens with zero attached hydrogens (tertiary/aromatic N) is 1. The lowest BCUT2D eigenvalue weighted by molar-refractivity contribution is -0.142. The lowest BCUT2D eigenvalue weighted by Gasteiger charge is -2.32. The average Bonchev–Trinajstić information content (AvgIpc) is 2.76. The fourth-order valence-corrected chi connectivity index (χ4v) is 2.84. The summed E-state index contributed by atoms with van der Waals surface area (Å²) in [6.45, 7) is 5.88. The van der Waals surface area contributed by atoms with Crippen molar-refractivity contribution in [3.05, 3.63) is 0 Å². The molecule has 1 N–H and O–H groups in total. The molecule has 0 radical (unpaired) electrons. The van der Waals surface area contributed by atoms with Crippen LogP contribution in [0.5, 0.6) is 0 Å². The maximum absolute atomic E-state index is 11.6. The Hall–Kier alpha value is -0.610. The van der Waals surface area contributed by atoms with E-state index in [1.807, 2.05) is 0 Å². The van der Waals surface area contributed by atoms with E-state index in [1.54, 1.807) is 0 Å². The Morgan fingerprint density at radius 3 is 2.88 bits per heavy atom. The van der Waals surface area contributed by atoms with Crippen LogP contribution in [0.2, 0.25) is 0 Å². The Morgan fingerprint density at radius 2 is 2.29 bits per heavy atom. The molecule has 2 saturated heterocycles. The minimum atomic E-state index is -0.0192. The molecule has 2 aliphatic heterocycles. The molecule has 0 aliphatic carbocycles. The Labute approximate surface area is 104 Å². The summed E-state index contributed by atoms with van der Waals surface area (Å²) >= 11 is 0. The largest absolute Gasteiger partial charge is 0.464 e. The zero-order chi connectivity index (χ0) is 12.1. The van der Waals surface area contributed by atoms with E-state index in [4.69, 9.17) is 4.74 Å². The first-order valence-corrected chi connectivity index (χ1v) is 6.95. The lowest BCUT2D eigenvalue weighted by atomic mass is 10.0. The van der Waals surface area contributed by atoms with E-state index >= 15 is 0 Å². The zero-order valence-electron chi connectivity index (χ0n) is 10.8. The summed E-state index contributed by atoms with van der Waals surface area (Å²) in [4.78, 5) is 14.0. The van der Waals surface area contributed by atoms with E-state index in [9.17, 15) is 4.79 Å². The molecule has 0 aromatic carbocycles. The Balaban J connectivity index is 1.88. The molecule has 0 aromatic rings. The van der Waals surface area contributed by atoms with Gasteiger partial charge in [0.25, 0.3) is 0 Å². The van der Waals surface area contributed by atoms with Crippen molar-refractivity contribution >= 4 is 5.97 Å². The van der Waals surface area contributed by atoms with Gasteiger partial charge in [0.15, 0.2) is 0 Å². The average molecular weight is 240 g/mol. The van der Waals surface area contributed by atoms with Crippen LogP contribution in [-0.2, 0) is 9.53 Å². The third kappa shape index (κ3) is 3.42. The van der Waals surface area contributed by atoms with E-state index in [-0.39, 0.29) is 12.0 Å². The summed E-state index contributed by atoms with van der Waals surface area (Å²) in [5.41, 5.74) is 0. The minimum Gasteiger partial charge on any atom is -0.464 e. The molecule has 0 spiro atoms. The van der Waals surface area contributed by atoms with Crippen molar-refractivity contribution in [2.75, 3.05) is 26.2 Å². The summed E-state index contributed by atoms with van der Waals surface area (Å²) in [5.74, 6) is -0.0192. The summed E-state index contributed by atoms with van der Waals surface area (Å²) in [5, 5.41) is 3.55. The number of carbonyl (C=O) groups is 1. The molecule has 98 valence electrons. The fraction of sp³-hybridized carbons (Fsp3) is 0.923. The molecular weight excluding hydrogens is 216 g/mol. The fourth-order valence-electron chi connectivity index (χ4n) is 2.84. The van der Waals surface area contributed by atoms with Gasteiger partial charge in [0.1, 0.15) is 6.04 Å². The van der Waals surface area contributed by atoms with Crippen molar-refractivity contribution in [3.63, 3.8) is 0 Å². The Morgan fingerprint density at radius 1 is 1.41 bits per heavy atom. The second-order valence-corrected chi connectivity index (χ2v) is 5.11. The monoisotopic (exact) mass is 240 g/mol. The third-order valence-corrected chi connectivity index (χ3v) is 3.73. The van der Waals surface area contributed by atoms with Gasteiger partial charge in [-0.05, 0) is 32.4 Å². The smallest absolute Gasteiger partial charge is 0.323 e. The zero-order valence-corrected chi connectivity index (χ0v) is 10.8. The van der Waals surface area contributed by atoms with Crippen LogP contribution in [0.15, 0.2) is 0 Å². The molecule has 4 heteroatoms. The van der Waals surface area contributed by atoms with E-state index in [2.05, 4.69) is 17.1 Å². The molecule has 2 aliphatic rings. The highest BCUT2D eigenvalue weighted by Crippen LogP contribution is 2.17. The molecule has 2 heterocycles. The summed E-state index contributed by atoms with van der Waals surface area (Å²) < 4.78 is 5.08. The van der Waals surface area contributed by atoms with Crippen LogP contribution in [0, 0.1) is 0 Å². The molecular formula is C13H24N2O2. The van der Waals surface area contributed by atoms with E-state index < -0.39 is 0 Å². The van der Waals surface area contributed by atoms with Gasteiger partial charge >= 0.3 is 5.97 Å². The van der Waals surface area contributed by atoms with Crippen molar-refractivity contribution in [2.24, 2.45) is 0 Å². The van der Waals surface area contributed by atoms with Crippen LogP contribution in [0.3, 0.4) is 0 Å². The normalized spacial score (nSPS) is 29.6. The van der Waals surface area contributed by atoms with Gasteiger partial charge < -0.3 is 10.1 Å². The molecule has 2 rings (SSSR count). The first-order valence-electron chi connectivity index (χ1n) is 6.95. The van der Waals surface area contributed by atoms with Gasteiger partial charge in [-0.3, -0.25) is 9.69 Å². The number of cyclic esters (lactones) is 1. The second kappa shape index (κ2) is 6.36. The standard InChI is InChI=1S/C13H24N2O2/c1-2-8-15(12-6-9-17-13(12)16)10-11-5-3-4-7-14-11/h11-12,14H,2-10H2,1H3. The van der Waals surface area contributed by atoms with Crippen LogP contribution < -0.4 is 5.32 Å². The second-order valence-electron chi connectivity index (χ2n) is 5.11. The first-order chi connectivity index (χ1) is 8.31. The predicted octanol–water partition coefficient (Wildman–Crippen LogP) is 1.16. The highest BCUT2D eigenvalue weighted by atomic mass is 16.5. The van der Waals surface area contributed by atoms with E-state index in [1.165, 1.54) is 19.3 Å². The molecule has 0 aromatic heterocycles. The molecule has 17 heavy (non-hydrogen) atoms. The topological polar surface area (TPSA) is 41.6 Å². The van der Waals surface area contributed by atoms with Crippen molar-refractivity contribution < 1.29 is 9.53 Å². The van der Waals surface area contributed by atoms with Gasteiger partial charge in [-0.25, -0.2) is 0 Å². The van der Waals surface area contributed by atoms with Crippen molar-refractivity contribution in [2.45, 2.75) is 51.1 Å². The number of esters is 1. The third-order valence-electron chi connectivity index (χ3n) is 3.73. The van der Waals surface area contributed by atoms with Crippen LogP contribution in [0.1, 0.15) is 39.0 Å². The maximum atomic E-state index is 11.6. The van der Waals surface area contributed by atoms with Gasteiger partial charge in [0, 0.05) is 19.0 Å². The highest BCUT2D eigenvalue weighted by Gasteiger charge is 2.33. The van der Waals surface area contributed by atoms with Crippen LogP contribution >= 0.6 is 0 Å². The van der Waals surface area contributed by atoms with E-state index in [0.717, 1.165) is 32.5 Å². The van der Waals surface area contributed by atoms with E-state index in [0.29, 0.717) is 12.6 Å². The predicted molar refractivity (Wildman–Crippen MR) is 66.9 cm³/mol. The molecule has 0 amide bonds. The molecule has 2 atom stereocenters. The van der Waals surface area contributed by atoms with Crippen LogP contribution in [0.25, 0.3) is 0 Å². The number of ether oxygens (including phenoxy) is 1. The number of piperidine rings is 1. The lowest BCUT2D eigenvalue weighted by Crippen LogP contribution is -2.48. The summed E-state index contributed by atoms with van der Waals surface area (Å²) in [6.07, 6.45) is 5.80. The summed E-state index contributed by atoms with van der Waals surface area (Å²) in [6, 6.07) is 0.572. The van der Waals surface area contributed by atoms with Gasteiger partial charge in [-0.1, -0.05) is 13.3 Å². The summed E-state index contributed by atoms with van der Waals surface area (Å²) in [7, 11) is 0. The van der Waals surface area contributed by atoms with Crippen molar-refractivity contribution in [1.82, 2.24) is 10.2 Å².